The molecule has 0 saturated carbocycles. The molecule has 17 heavy (non-hydrogen) atoms. The fourth-order valence-electron chi connectivity index (χ4n) is 2.35. The smallest absolute Gasteiger partial charge is 0.437 e. The molecule has 1 aliphatic rings. The second kappa shape index (κ2) is 3.86. The molecule has 1 aromatic carbocycles. The summed E-state index contributed by atoms with van der Waals surface area (Å²) in [6.45, 7) is 0. The first-order chi connectivity index (χ1) is 8.18. The highest BCUT2D eigenvalue weighted by Crippen LogP contribution is 2.45. The SMILES string of the molecule is O=C(O)[s+]1ccc2c1-c1cccc(Cl)c1CC2. The van der Waals surface area contributed by atoms with Gasteiger partial charge in [-0.15, -0.1) is 0 Å². The van der Waals surface area contributed by atoms with Gasteiger partial charge in [-0.25, -0.2) is 0 Å². The van der Waals surface area contributed by atoms with E-state index in [1.165, 1.54) is 0 Å². The minimum absolute atomic E-state index is 0.745. The quantitative estimate of drug-likeness (QED) is 0.777. The molecule has 0 aliphatic heterocycles. The molecule has 1 aromatic heterocycles. The van der Waals surface area contributed by atoms with Gasteiger partial charge in [-0.3, -0.25) is 0 Å². The highest BCUT2D eigenvalue weighted by molar-refractivity contribution is 7.51. The van der Waals surface area contributed by atoms with Gasteiger partial charge in [0.25, 0.3) is 0 Å². The minimum atomic E-state index is -0.808. The van der Waals surface area contributed by atoms with Crippen molar-refractivity contribution < 1.29 is 9.90 Å². The molecule has 1 atom stereocenters. The van der Waals surface area contributed by atoms with Gasteiger partial charge in [0.05, 0.1) is 0 Å². The Morgan fingerprint density at radius 2 is 2.12 bits per heavy atom. The molecule has 1 unspecified atom stereocenters. The summed E-state index contributed by atoms with van der Waals surface area (Å²) in [5.74, 6) is 0. The maximum absolute atomic E-state index is 11.2. The predicted molar refractivity (Wildman–Crippen MR) is 70.2 cm³/mol. The maximum atomic E-state index is 11.2. The van der Waals surface area contributed by atoms with Crippen LogP contribution in [-0.4, -0.2) is 10.4 Å². The van der Waals surface area contributed by atoms with Crippen molar-refractivity contribution in [3.8, 4) is 10.4 Å². The lowest BCUT2D eigenvalue weighted by atomic mass is 9.92. The Morgan fingerprint density at radius 3 is 2.88 bits per heavy atom. The van der Waals surface area contributed by atoms with Crippen LogP contribution in [-0.2, 0) is 12.8 Å². The van der Waals surface area contributed by atoms with Crippen molar-refractivity contribution in [2.75, 3.05) is 0 Å². The van der Waals surface area contributed by atoms with Crippen molar-refractivity contribution in [2.24, 2.45) is 0 Å². The average molecular weight is 266 g/mol. The second-order valence-electron chi connectivity index (χ2n) is 4.03. The Balaban J connectivity index is 2.31. The highest BCUT2D eigenvalue weighted by atomic mass is 35.5. The van der Waals surface area contributed by atoms with E-state index in [-0.39, 0.29) is 0 Å². The van der Waals surface area contributed by atoms with E-state index in [4.69, 9.17) is 11.6 Å². The first-order valence-electron chi connectivity index (χ1n) is 5.33. The van der Waals surface area contributed by atoms with E-state index in [0.29, 0.717) is 0 Å². The molecule has 1 N–H and O–H groups in total. The van der Waals surface area contributed by atoms with Crippen molar-refractivity contribution in [1.82, 2.24) is 0 Å². The molecular weight excluding hydrogens is 256 g/mol. The van der Waals surface area contributed by atoms with Crippen molar-refractivity contribution in [3.05, 3.63) is 45.8 Å². The zero-order valence-corrected chi connectivity index (χ0v) is 10.5. The molecule has 0 spiro atoms. The fraction of sp³-hybridized carbons (Fsp3) is 0.154. The third-order valence-electron chi connectivity index (χ3n) is 3.11. The average Bonchev–Trinajstić information content (AvgIpc) is 2.73. The van der Waals surface area contributed by atoms with Crippen LogP contribution in [0, 0.1) is 0 Å². The van der Waals surface area contributed by atoms with Crippen LogP contribution in [0.25, 0.3) is 10.4 Å². The molecule has 2 nitrogen and oxygen atoms in total. The summed E-state index contributed by atoms with van der Waals surface area (Å²) in [6, 6.07) is 7.69. The largest absolute Gasteiger partial charge is 0.552 e. The Labute approximate surface area is 106 Å². The van der Waals surface area contributed by atoms with E-state index in [1.54, 1.807) is 5.38 Å². The van der Waals surface area contributed by atoms with Crippen molar-refractivity contribution in [3.63, 3.8) is 0 Å². The number of hydrogen-bond acceptors (Lipinski definition) is 1. The van der Waals surface area contributed by atoms with Gasteiger partial charge in [0.1, 0.15) is 10.5 Å². The summed E-state index contributed by atoms with van der Waals surface area (Å²) in [4.78, 5) is 12.2. The number of fused-ring (bicyclic) bond motifs is 3. The van der Waals surface area contributed by atoms with Gasteiger partial charge in [0, 0.05) is 16.1 Å². The van der Waals surface area contributed by atoms with Crippen molar-refractivity contribution in [2.45, 2.75) is 12.8 Å². The highest BCUT2D eigenvalue weighted by Gasteiger charge is 2.32. The van der Waals surface area contributed by atoms with Gasteiger partial charge in [-0.1, -0.05) is 17.7 Å². The number of benzene rings is 1. The molecule has 0 radical (unpaired) electrons. The summed E-state index contributed by atoms with van der Waals surface area (Å²) in [7, 11) is -0.808. The van der Waals surface area contributed by atoms with Crippen LogP contribution in [0.15, 0.2) is 29.6 Å². The molecule has 86 valence electrons. The van der Waals surface area contributed by atoms with Crippen LogP contribution in [0.1, 0.15) is 11.1 Å². The number of hydrogen-bond donors (Lipinski definition) is 1. The third-order valence-corrected chi connectivity index (χ3v) is 5.17. The summed E-state index contributed by atoms with van der Waals surface area (Å²) >= 11 is 6.17. The summed E-state index contributed by atoms with van der Waals surface area (Å²) in [6.07, 6.45) is 1.79. The van der Waals surface area contributed by atoms with Gasteiger partial charge >= 0.3 is 5.30 Å². The van der Waals surface area contributed by atoms with Crippen LogP contribution in [0.5, 0.6) is 0 Å². The molecule has 0 saturated heterocycles. The number of carboxylic acid groups (broad SMARTS) is 1. The standard InChI is InChI=1S/C13H9ClO2S/c14-11-3-1-2-10-9(11)5-4-8-6-7-17(12(8)10)13(15)16/h1-3,6-7H,4-5H2/p+1. The molecule has 2 aromatic rings. The van der Waals surface area contributed by atoms with E-state index in [9.17, 15) is 9.90 Å². The van der Waals surface area contributed by atoms with E-state index in [1.807, 2.05) is 24.3 Å². The van der Waals surface area contributed by atoms with Crippen LogP contribution in [0.2, 0.25) is 5.02 Å². The molecule has 3 rings (SSSR count). The normalized spacial score (nSPS) is 14.1. The van der Waals surface area contributed by atoms with Gasteiger partial charge in [0.2, 0.25) is 0 Å². The number of aryl methyl sites for hydroxylation is 1. The first-order valence-corrected chi connectivity index (χ1v) is 7.00. The zero-order valence-electron chi connectivity index (χ0n) is 8.94. The van der Waals surface area contributed by atoms with E-state index < -0.39 is 15.8 Å². The fourth-order valence-corrected chi connectivity index (χ4v) is 4.23. The van der Waals surface area contributed by atoms with Gasteiger partial charge in [-0.05, 0) is 36.6 Å². The monoisotopic (exact) mass is 265 g/mol. The Kier molecular flexibility index (Phi) is 2.45. The lowest BCUT2D eigenvalue weighted by molar-refractivity contribution is 0.221. The molecule has 4 heteroatoms. The number of halogens is 1. The molecule has 1 aliphatic carbocycles. The minimum Gasteiger partial charge on any atom is -0.437 e. The topological polar surface area (TPSA) is 37.3 Å². The zero-order chi connectivity index (χ0) is 12.0. The molecule has 0 fully saturated rings. The van der Waals surface area contributed by atoms with Gasteiger partial charge in [0.15, 0.2) is 10.3 Å². The van der Waals surface area contributed by atoms with E-state index >= 15 is 0 Å². The van der Waals surface area contributed by atoms with Crippen LogP contribution in [0.4, 0.5) is 4.79 Å². The lowest BCUT2D eigenvalue weighted by Gasteiger charge is -2.14. The predicted octanol–water partition coefficient (Wildman–Crippen LogP) is 4.38. The van der Waals surface area contributed by atoms with Gasteiger partial charge < -0.3 is 5.11 Å². The number of thiophene rings is 1. The first kappa shape index (κ1) is 10.8. The summed E-state index contributed by atoms with van der Waals surface area (Å²) < 4.78 is 0. The molecule has 0 amide bonds. The maximum Gasteiger partial charge on any atom is 0.552 e. The Morgan fingerprint density at radius 1 is 1.29 bits per heavy atom. The third kappa shape index (κ3) is 1.58. The summed E-state index contributed by atoms with van der Waals surface area (Å²) in [5, 5.41) is 11.0. The van der Waals surface area contributed by atoms with Gasteiger partial charge in [-0.2, -0.15) is 4.79 Å². The van der Waals surface area contributed by atoms with E-state index in [2.05, 4.69) is 0 Å². The van der Waals surface area contributed by atoms with Crippen LogP contribution in [0.3, 0.4) is 0 Å². The van der Waals surface area contributed by atoms with Crippen LogP contribution < -0.4 is 0 Å². The lowest BCUT2D eigenvalue weighted by Crippen LogP contribution is -2.03. The Bertz CT molecular complexity index is 616. The van der Waals surface area contributed by atoms with Crippen molar-refractivity contribution in [1.29, 1.82) is 0 Å². The molecular formula is C13H10ClO2S+. The van der Waals surface area contributed by atoms with Crippen LogP contribution >= 0.6 is 22.1 Å². The van der Waals surface area contributed by atoms with Crippen molar-refractivity contribution >= 4 is 27.4 Å². The summed E-state index contributed by atoms with van der Waals surface area (Å²) in [5.41, 5.74) is 3.27. The number of carbonyl (C=O) groups is 1. The molecule has 1 heterocycles. The Hall–Kier alpha value is -1.32. The number of rotatable bonds is 1. The second-order valence-corrected chi connectivity index (χ2v) is 6.14. The molecule has 0 bridgehead atoms. The van der Waals surface area contributed by atoms with E-state index in [0.717, 1.165) is 39.4 Å².